The summed E-state index contributed by atoms with van der Waals surface area (Å²) in [6, 6.07) is 11.9. The van der Waals surface area contributed by atoms with Crippen molar-refractivity contribution < 1.29 is 9.53 Å². The zero-order valence-electron chi connectivity index (χ0n) is 17.6. The number of nitrogens with one attached hydrogen (secondary N) is 1. The Hall–Kier alpha value is -2.82. The molecule has 3 rings (SSSR count). The Balaban J connectivity index is 1.60. The van der Waals surface area contributed by atoms with Crippen molar-refractivity contribution in [2.24, 2.45) is 5.92 Å². The van der Waals surface area contributed by atoms with Gasteiger partial charge in [0.25, 0.3) is 0 Å². The van der Waals surface area contributed by atoms with Gasteiger partial charge >= 0.3 is 6.03 Å². The molecule has 0 radical (unpaired) electrons. The Morgan fingerprint density at radius 3 is 2.97 bits per heavy atom. The van der Waals surface area contributed by atoms with Crippen LogP contribution < -0.4 is 10.1 Å². The predicted molar refractivity (Wildman–Crippen MR) is 118 cm³/mol. The lowest BCUT2D eigenvalue weighted by molar-refractivity contribution is 0.198. The molecule has 1 saturated heterocycles. The molecule has 5 heteroatoms. The van der Waals surface area contributed by atoms with E-state index < -0.39 is 0 Å². The molecule has 0 bridgehead atoms. The van der Waals surface area contributed by atoms with Gasteiger partial charge in [-0.2, -0.15) is 0 Å². The van der Waals surface area contributed by atoms with Gasteiger partial charge in [-0.25, -0.2) is 4.79 Å². The van der Waals surface area contributed by atoms with Gasteiger partial charge in [0.2, 0.25) is 0 Å². The van der Waals surface area contributed by atoms with Gasteiger partial charge in [-0.05, 0) is 55.5 Å². The van der Waals surface area contributed by atoms with E-state index in [1.54, 1.807) is 12.4 Å². The number of benzene rings is 1. The summed E-state index contributed by atoms with van der Waals surface area (Å²) in [7, 11) is 0. The molecule has 2 unspecified atom stereocenters. The molecule has 0 saturated carbocycles. The topological polar surface area (TPSA) is 54.5 Å². The number of aromatic nitrogens is 1. The summed E-state index contributed by atoms with van der Waals surface area (Å²) in [5, 5.41) is 2.92. The van der Waals surface area contributed by atoms with E-state index in [-0.39, 0.29) is 12.1 Å². The molecule has 2 amide bonds. The van der Waals surface area contributed by atoms with Crippen LogP contribution in [-0.2, 0) is 0 Å². The van der Waals surface area contributed by atoms with Gasteiger partial charge in [-0.15, -0.1) is 0 Å². The molecule has 1 aromatic heterocycles. The lowest BCUT2D eigenvalue weighted by atomic mass is 9.91. The van der Waals surface area contributed by atoms with E-state index in [9.17, 15) is 4.79 Å². The fourth-order valence-electron chi connectivity index (χ4n) is 3.68. The minimum absolute atomic E-state index is 0.0655. The van der Waals surface area contributed by atoms with E-state index in [0.717, 1.165) is 36.3 Å². The molecule has 0 spiro atoms. The highest BCUT2D eigenvalue weighted by Crippen LogP contribution is 2.27. The molecule has 1 aliphatic heterocycles. The second kappa shape index (κ2) is 10.1. The molecule has 5 nitrogen and oxygen atoms in total. The lowest BCUT2D eigenvalue weighted by Gasteiger charge is -2.33. The number of piperidine rings is 1. The number of amides is 2. The van der Waals surface area contributed by atoms with Crippen molar-refractivity contribution in [1.82, 2.24) is 9.88 Å². The third-order valence-corrected chi connectivity index (χ3v) is 5.24. The molecule has 154 valence electrons. The third-order valence-electron chi connectivity index (χ3n) is 5.24. The Bertz CT molecular complexity index is 835. The van der Waals surface area contributed by atoms with Gasteiger partial charge in [0.15, 0.2) is 0 Å². The zero-order chi connectivity index (χ0) is 20.6. The molecular weight excluding hydrogens is 362 g/mol. The SMILES string of the molecule is CCCC(C)Oc1cccc(/C=C2\CCN(C(=O)Nc3cccnc3)CC2C)c1. The van der Waals surface area contributed by atoms with Crippen molar-refractivity contribution in [3.63, 3.8) is 0 Å². The minimum Gasteiger partial charge on any atom is -0.491 e. The first-order chi connectivity index (χ1) is 14.0. The summed E-state index contributed by atoms with van der Waals surface area (Å²) in [6.45, 7) is 7.89. The molecule has 0 aliphatic carbocycles. The molecule has 1 N–H and O–H groups in total. The zero-order valence-corrected chi connectivity index (χ0v) is 17.6. The van der Waals surface area contributed by atoms with E-state index in [2.05, 4.69) is 49.3 Å². The maximum atomic E-state index is 12.5. The highest BCUT2D eigenvalue weighted by molar-refractivity contribution is 5.89. The van der Waals surface area contributed by atoms with Crippen molar-refractivity contribution >= 4 is 17.8 Å². The Labute approximate surface area is 173 Å². The number of anilines is 1. The van der Waals surface area contributed by atoms with Crippen LogP contribution in [0, 0.1) is 5.92 Å². The van der Waals surface area contributed by atoms with Crippen LogP contribution in [-0.4, -0.2) is 35.1 Å². The van der Waals surface area contributed by atoms with Crippen LogP contribution in [0.3, 0.4) is 0 Å². The maximum absolute atomic E-state index is 12.5. The van der Waals surface area contributed by atoms with Gasteiger partial charge in [0.1, 0.15) is 5.75 Å². The summed E-state index contributed by atoms with van der Waals surface area (Å²) in [5.41, 5.74) is 3.25. The van der Waals surface area contributed by atoms with Crippen LogP contribution in [0.25, 0.3) is 6.08 Å². The van der Waals surface area contributed by atoms with Gasteiger partial charge in [-0.3, -0.25) is 4.98 Å². The average molecular weight is 394 g/mol. The van der Waals surface area contributed by atoms with Crippen molar-refractivity contribution in [2.45, 2.75) is 46.1 Å². The van der Waals surface area contributed by atoms with Crippen LogP contribution in [0.5, 0.6) is 5.75 Å². The number of pyridine rings is 1. The minimum atomic E-state index is -0.0655. The number of likely N-dealkylation sites (tertiary alicyclic amines) is 1. The highest BCUT2D eigenvalue weighted by atomic mass is 16.5. The molecule has 1 aromatic carbocycles. The summed E-state index contributed by atoms with van der Waals surface area (Å²) in [5.74, 6) is 1.23. The molecule has 2 atom stereocenters. The Kier molecular flexibility index (Phi) is 7.28. The van der Waals surface area contributed by atoms with Gasteiger partial charge in [0, 0.05) is 19.3 Å². The number of hydrogen-bond donors (Lipinski definition) is 1. The van der Waals surface area contributed by atoms with Gasteiger partial charge < -0.3 is 15.0 Å². The Morgan fingerprint density at radius 1 is 1.38 bits per heavy atom. The highest BCUT2D eigenvalue weighted by Gasteiger charge is 2.24. The number of hydrogen-bond acceptors (Lipinski definition) is 3. The van der Waals surface area contributed by atoms with Gasteiger partial charge in [-0.1, -0.05) is 44.1 Å². The van der Waals surface area contributed by atoms with Crippen LogP contribution in [0.4, 0.5) is 10.5 Å². The Morgan fingerprint density at radius 2 is 2.24 bits per heavy atom. The predicted octanol–water partition coefficient (Wildman–Crippen LogP) is 5.61. The first kappa shape index (κ1) is 20.9. The van der Waals surface area contributed by atoms with Crippen molar-refractivity contribution in [3.8, 4) is 5.75 Å². The number of carbonyl (C=O) groups excluding carboxylic acids is 1. The van der Waals surface area contributed by atoms with Crippen molar-refractivity contribution in [3.05, 3.63) is 59.9 Å². The quantitative estimate of drug-likeness (QED) is 0.694. The lowest BCUT2D eigenvalue weighted by Crippen LogP contribution is -2.42. The van der Waals surface area contributed by atoms with E-state index >= 15 is 0 Å². The number of carbonyl (C=O) groups is 1. The number of ether oxygens (including phenoxy) is 1. The fraction of sp³-hybridized carbons (Fsp3) is 0.417. The average Bonchev–Trinajstić information content (AvgIpc) is 2.70. The maximum Gasteiger partial charge on any atom is 0.321 e. The van der Waals surface area contributed by atoms with Crippen LogP contribution in [0.15, 0.2) is 54.4 Å². The van der Waals surface area contributed by atoms with E-state index in [1.165, 1.54) is 5.57 Å². The third kappa shape index (κ3) is 6.08. The largest absolute Gasteiger partial charge is 0.491 e. The van der Waals surface area contributed by atoms with Crippen LogP contribution in [0.1, 0.15) is 45.6 Å². The number of rotatable bonds is 6. The second-order valence-corrected chi connectivity index (χ2v) is 7.78. The van der Waals surface area contributed by atoms with Crippen molar-refractivity contribution in [1.29, 1.82) is 0 Å². The fourth-order valence-corrected chi connectivity index (χ4v) is 3.68. The van der Waals surface area contributed by atoms with Gasteiger partial charge in [0.05, 0.1) is 18.0 Å². The summed E-state index contributed by atoms with van der Waals surface area (Å²) in [6.07, 6.45) is 8.88. The summed E-state index contributed by atoms with van der Waals surface area (Å²) >= 11 is 0. The molecule has 29 heavy (non-hydrogen) atoms. The summed E-state index contributed by atoms with van der Waals surface area (Å²) in [4.78, 5) is 18.4. The van der Waals surface area contributed by atoms with E-state index in [4.69, 9.17) is 4.74 Å². The normalized spacial score (nSPS) is 19.1. The number of nitrogens with zero attached hydrogens (tertiary/aromatic N) is 2. The van der Waals surface area contributed by atoms with Crippen molar-refractivity contribution in [2.75, 3.05) is 18.4 Å². The monoisotopic (exact) mass is 393 g/mol. The molecule has 2 aromatic rings. The number of urea groups is 1. The van der Waals surface area contributed by atoms with Crippen LogP contribution in [0.2, 0.25) is 0 Å². The first-order valence-corrected chi connectivity index (χ1v) is 10.5. The van der Waals surface area contributed by atoms with E-state index in [0.29, 0.717) is 19.0 Å². The van der Waals surface area contributed by atoms with E-state index in [1.807, 2.05) is 29.2 Å². The second-order valence-electron chi connectivity index (χ2n) is 7.78. The first-order valence-electron chi connectivity index (χ1n) is 10.5. The van der Waals surface area contributed by atoms with Crippen LogP contribution >= 0.6 is 0 Å². The smallest absolute Gasteiger partial charge is 0.321 e. The molecular formula is C24H31N3O2. The summed E-state index contributed by atoms with van der Waals surface area (Å²) < 4.78 is 6.02. The molecule has 1 aliphatic rings. The molecule has 1 fully saturated rings. The standard InChI is InChI=1S/C24H31N3O2/c1-4-7-19(3)29-23-10-5-8-20(15-23)14-21-11-13-27(17-18(21)2)24(28)26-22-9-6-12-25-16-22/h5-6,8-10,12,14-16,18-19H,4,7,11,13,17H2,1-3H3,(H,26,28)/b21-14+. The molecule has 2 heterocycles.